The van der Waals surface area contributed by atoms with Crippen LogP contribution < -0.4 is 10.2 Å². The molecule has 15 heavy (non-hydrogen) atoms. The summed E-state index contributed by atoms with van der Waals surface area (Å²) in [4.78, 5) is 5.66. The lowest BCUT2D eigenvalue weighted by Crippen LogP contribution is -2.28. The molecule has 1 aromatic rings. The molecule has 0 saturated carbocycles. The van der Waals surface area contributed by atoms with Gasteiger partial charge in [0.15, 0.2) is 5.82 Å². The van der Waals surface area contributed by atoms with E-state index in [9.17, 15) is 8.78 Å². The van der Waals surface area contributed by atoms with Crippen molar-refractivity contribution in [2.75, 3.05) is 31.1 Å². The van der Waals surface area contributed by atoms with Crippen LogP contribution in [0.5, 0.6) is 0 Å². The third kappa shape index (κ3) is 2.41. The van der Waals surface area contributed by atoms with Gasteiger partial charge in [0.2, 0.25) is 5.95 Å². The lowest BCUT2D eigenvalue weighted by atomic mass is 10.4. The normalized spacial score (nSPS) is 18.2. The largest absolute Gasteiger partial charge is 0.338 e. The number of nitrogens with one attached hydrogen (secondary N) is 2. The summed E-state index contributed by atoms with van der Waals surface area (Å²) in [6, 6.07) is 0. The molecule has 2 heterocycles. The molecular formula is C8H13F2N5. The van der Waals surface area contributed by atoms with Crippen LogP contribution in [0.1, 0.15) is 18.7 Å². The van der Waals surface area contributed by atoms with Crippen LogP contribution in [0.4, 0.5) is 14.7 Å². The van der Waals surface area contributed by atoms with E-state index in [1.54, 1.807) is 0 Å². The summed E-state index contributed by atoms with van der Waals surface area (Å²) in [5.41, 5.74) is 0. The van der Waals surface area contributed by atoms with Crippen molar-refractivity contribution < 1.29 is 8.78 Å². The molecule has 0 aromatic carbocycles. The van der Waals surface area contributed by atoms with E-state index in [0.29, 0.717) is 5.95 Å². The number of aromatic amines is 1. The first-order valence-electron chi connectivity index (χ1n) is 4.93. The van der Waals surface area contributed by atoms with Gasteiger partial charge in [-0.2, -0.15) is 4.98 Å². The van der Waals surface area contributed by atoms with Gasteiger partial charge in [0.1, 0.15) is 0 Å². The van der Waals surface area contributed by atoms with Gasteiger partial charge in [-0.15, -0.1) is 5.10 Å². The van der Waals surface area contributed by atoms with Gasteiger partial charge in [-0.3, -0.25) is 5.10 Å². The van der Waals surface area contributed by atoms with Gasteiger partial charge in [-0.1, -0.05) is 0 Å². The maximum Gasteiger partial charge on any atom is 0.296 e. The Bertz CT molecular complexity index is 306. The fraction of sp³-hybridized carbons (Fsp3) is 0.750. The average molecular weight is 217 g/mol. The van der Waals surface area contributed by atoms with Crippen molar-refractivity contribution in [2.24, 2.45) is 0 Å². The molecule has 0 aliphatic carbocycles. The Morgan fingerprint density at radius 2 is 2.13 bits per heavy atom. The molecule has 2 N–H and O–H groups in total. The van der Waals surface area contributed by atoms with Crippen LogP contribution in [0.2, 0.25) is 0 Å². The van der Waals surface area contributed by atoms with Crippen molar-refractivity contribution >= 4 is 5.95 Å². The molecule has 0 atom stereocenters. The summed E-state index contributed by atoms with van der Waals surface area (Å²) in [5.74, 6) is 0.0104. The minimum atomic E-state index is -2.59. The number of hydrogen-bond acceptors (Lipinski definition) is 4. The van der Waals surface area contributed by atoms with Crippen LogP contribution in [-0.2, 0) is 0 Å². The molecule has 1 aromatic heterocycles. The second kappa shape index (κ2) is 4.52. The highest BCUT2D eigenvalue weighted by Gasteiger charge is 2.17. The Morgan fingerprint density at radius 1 is 1.27 bits per heavy atom. The number of alkyl halides is 2. The highest BCUT2D eigenvalue weighted by molar-refractivity contribution is 5.28. The van der Waals surface area contributed by atoms with Crippen molar-refractivity contribution in [1.29, 1.82) is 0 Å². The number of aromatic nitrogens is 3. The fourth-order valence-electron chi connectivity index (χ4n) is 1.55. The van der Waals surface area contributed by atoms with E-state index in [2.05, 4.69) is 20.5 Å². The molecule has 1 saturated heterocycles. The van der Waals surface area contributed by atoms with Crippen LogP contribution in [0.3, 0.4) is 0 Å². The second-order valence-corrected chi connectivity index (χ2v) is 3.41. The monoisotopic (exact) mass is 217 g/mol. The maximum absolute atomic E-state index is 12.3. The third-order valence-corrected chi connectivity index (χ3v) is 2.32. The first-order valence-corrected chi connectivity index (χ1v) is 4.93. The maximum atomic E-state index is 12.3. The Kier molecular flexibility index (Phi) is 3.10. The number of H-pyrrole nitrogens is 1. The Balaban J connectivity index is 2.06. The van der Waals surface area contributed by atoms with Gasteiger partial charge < -0.3 is 10.2 Å². The predicted octanol–water partition coefficient (Wildman–Crippen LogP) is 0.542. The molecule has 84 valence electrons. The first kappa shape index (κ1) is 10.3. The fourth-order valence-corrected chi connectivity index (χ4v) is 1.55. The average Bonchev–Trinajstić information content (AvgIpc) is 2.55. The van der Waals surface area contributed by atoms with Crippen LogP contribution in [0, 0.1) is 0 Å². The van der Waals surface area contributed by atoms with Crippen molar-refractivity contribution in [2.45, 2.75) is 12.8 Å². The van der Waals surface area contributed by atoms with Gasteiger partial charge in [0.05, 0.1) is 0 Å². The predicted molar refractivity (Wildman–Crippen MR) is 51.0 cm³/mol. The number of anilines is 1. The molecule has 0 unspecified atom stereocenters. The number of nitrogens with zero attached hydrogens (tertiary/aromatic N) is 3. The number of halogens is 2. The van der Waals surface area contributed by atoms with E-state index in [0.717, 1.165) is 32.6 Å². The van der Waals surface area contributed by atoms with E-state index in [1.165, 1.54) is 0 Å². The molecule has 5 nitrogen and oxygen atoms in total. The van der Waals surface area contributed by atoms with Gasteiger partial charge >= 0.3 is 0 Å². The molecule has 1 aliphatic heterocycles. The second-order valence-electron chi connectivity index (χ2n) is 3.41. The zero-order chi connectivity index (χ0) is 10.7. The number of rotatable bonds is 2. The van der Waals surface area contributed by atoms with Crippen LogP contribution >= 0.6 is 0 Å². The SMILES string of the molecule is FC(F)c1nc(N2CCCNCC2)n[nH]1. The Labute approximate surface area is 85.9 Å². The zero-order valence-corrected chi connectivity index (χ0v) is 8.21. The van der Waals surface area contributed by atoms with Gasteiger partial charge in [-0.05, 0) is 13.0 Å². The summed E-state index contributed by atoms with van der Waals surface area (Å²) in [5, 5.41) is 9.26. The summed E-state index contributed by atoms with van der Waals surface area (Å²) in [7, 11) is 0. The van der Waals surface area contributed by atoms with Crippen LogP contribution in [0.15, 0.2) is 0 Å². The molecule has 0 spiro atoms. The lowest BCUT2D eigenvalue weighted by molar-refractivity contribution is 0.141. The zero-order valence-electron chi connectivity index (χ0n) is 8.21. The highest BCUT2D eigenvalue weighted by Crippen LogP contribution is 2.16. The topological polar surface area (TPSA) is 56.8 Å². The summed E-state index contributed by atoms with van der Waals surface area (Å²) >= 11 is 0. The molecule has 0 radical (unpaired) electrons. The van der Waals surface area contributed by atoms with Crippen molar-refractivity contribution in [3.05, 3.63) is 5.82 Å². The van der Waals surface area contributed by atoms with Crippen LogP contribution in [-0.4, -0.2) is 41.4 Å². The molecule has 2 rings (SSSR count). The Hall–Kier alpha value is -1.24. The van der Waals surface area contributed by atoms with Gasteiger partial charge in [0.25, 0.3) is 6.43 Å². The quantitative estimate of drug-likeness (QED) is 0.759. The molecular weight excluding hydrogens is 204 g/mol. The molecule has 1 aliphatic rings. The summed E-state index contributed by atoms with van der Waals surface area (Å²) in [6.45, 7) is 3.33. The van der Waals surface area contributed by atoms with Gasteiger partial charge in [0, 0.05) is 19.6 Å². The van der Waals surface area contributed by atoms with Crippen molar-refractivity contribution in [3.63, 3.8) is 0 Å². The molecule has 0 bridgehead atoms. The summed E-state index contributed by atoms with van der Waals surface area (Å²) < 4.78 is 24.5. The van der Waals surface area contributed by atoms with Crippen molar-refractivity contribution in [1.82, 2.24) is 20.5 Å². The standard InChI is InChI=1S/C8H13F2N5/c9-6(10)7-12-8(14-13-7)15-4-1-2-11-3-5-15/h6,11H,1-5H2,(H,12,13,14). The van der Waals surface area contributed by atoms with E-state index in [4.69, 9.17) is 0 Å². The van der Waals surface area contributed by atoms with E-state index in [1.807, 2.05) is 4.90 Å². The number of hydrogen-bond donors (Lipinski definition) is 2. The molecule has 0 amide bonds. The lowest BCUT2D eigenvalue weighted by Gasteiger charge is -2.16. The van der Waals surface area contributed by atoms with E-state index in [-0.39, 0.29) is 5.82 Å². The first-order chi connectivity index (χ1) is 7.27. The van der Waals surface area contributed by atoms with Crippen molar-refractivity contribution in [3.8, 4) is 0 Å². The molecule has 1 fully saturated rings. The van der Waals surface area contributed by atoms with E-state index >= 15 is 0 Å². The molecule has 7 heteroatoms. The van der Waals surface area contributed by atoms with E-state index < -0.39 is 6.43 Å². The summed E-state index contributed by atoms with van der Waals surface area (Å²) in [6.07, 6.45) is -1.62. The third-order valence-electron chi connectivity index (χ3n) is 2.32. The highest BCUT2D eigenvalue weighted by atomic mass is 19.3. The smallest absolute Gasteiger partial charge is 0.296 e. The minimum absolute atomic E-state index is 0.359. The van der Waals surface area contributed by atoms with Gasteiger partial charge in [-0.25, -0.2) is 8.78 Å². The van der Waals surface area contributed by atoms with Crippen LogP contribution in [0.25, 0.3) is 0 Å². The minimum Gasteiger partial charge on any atom is -0.338 e. The Morgan fingerprint density at radius 3 is 2.87 bits per heavy atom.